The number of carbonyl (C=O) groups is 10. The molecule has 0 aromatic heterocycles. The first-order chi connectivity index (χ1) is 41.6. The van der Waals surface area contributed by atoms with E-state index >= 15 is 0 Å². The number of methoxy groups -OCH3 is 2. The van der Waals surface area contributed by atoms with Crippen LogP contribution in [0.25, 0.3) is 0 Å². The van der Waals surface area contributed by atoms with E-state index in [1.807, 2.05) is 58.0 Å². The van der Waals surface area contributed by atoms with Crippen molar-refractivity contribution < 1.29 is 66.9 Å². The number of ether oxygens (including phenoxy) is 4. The van der Waals surface area contributed by atoms with Gasteiger partial charge in [0.2, 0.25) is 41.2 Å². The third-order valence-corrected chi connectivity index (χ3v) is 15.9. The van der Waals surface area contributed by atoms with Crippen LogP contribution in [0.1, 0.15) is 136 Å². The van der Waals surface area contributed by atoms with Gasteiger partial charge in [-0.15, -0.1) is 0 Å². The summed E-state index contributed by atoms with van der Waals surface area (Å²) in [6.45, 7) is 13.9. The molecule has 0 radical (unpaired) electrons. The van der Waals surface area contributed by atoms with Crippen LogP contribution in [0.5, 0.6) is 11.5 Å². The Bertz CT molecular complexity index is 2960. The van der Waals surface area contributed by atoms with E-state index in [9.17, 15) is 47.9 Å². The summed E-state index contributed by atoms with van der Waals surface area (Å²) in [5, 5.41) is 8.73. The number of cyclic esters (lactones) is 2. The molecule has 3 N–H and O–H groups in total. The highest BCUT2D eigenvalue weighted by Crippen LogP contribution is 2.33. The van der Waals surface area contributed by atoms with E-state index in [1.165, 1.54) is 73.9 Å². The molecule has 480 valence electrons. The predicted octanol–water partition coefficient (Wildman–Crippen LogP) is 7.19. The van der Waals surface area contributed by atoms with E-state index in [2.05, 4.69) is 16.0 Å². The maximum absolute atomic E-state index is 14.9. The van der Waals surface area contributed by atoms with Crippen LogP contribution in [0.15, 0.2) is 84.9 Å². The molecule has 0 unspecified atom stereocenters. The average Bonchev–Trinajstić information content (AvgIpc) is 1.33. The highest BCUT2D eigenvalue weighted by atomic mass is 16.5. The van der Waals surface area contributed by atoms with Crippen molar-refractivity contribution in [3.63, 3.8) is 0 Å². The summed E-state index contributed by atoms with van der Waals surface area (Å²) in [5.74, 6) is -6.12. The van der Waals surface area contributed by atoms with Crippen molar-refractivity contribution in [3.05, 3.63) is 102 Å². The number of fused-ring (bicyclic) bond motifs is 3. The van der Waals surface area contributed by atoms with Crippen LogP contribution < -0.4 is 25.4 Å². The second-order valence-corrected chi connectivity index (χ2v) is 24.8. The second-order valence-electron chi connectivity index (χ2n) is 24.8. The van der Waals surface area contributed by atoms with E-state index in [-0.39, 0.29) is 76.3 Å². The lowest BCUT2D eigenvalue weighted by molar-refractivity contribution is -0.165. The zero-order chi connectivity index (χ0) is 65.0. The van der Waals surface area contributed by atoms with Crippen molar-refractivity contribution in [2.75, 3.05) is 60.4 Å². The molecule has 2 bridgehead atoms. The van der Waals surface area contributed by atoms with Crippen LogP contribution in [-0.4, -0.2) is 164 Å². The van der Waals surface area contributed by atoms with Gasteiger partial charge in [0.15, 0.2) is 11.5 Å². The first-order valence-electron chi connectivity index (χ1n) is 30.6. The van der Waals surface area contributed by atoms with E-state index in [1.54, 1.807) is 63.4 Å². The summed E-state index contributed by atoms with van der Waals surface area (Å²) in [7, 11) is 7.59. The molecular weight excluding hydrogens is 1130 g/mol. The van der Waals surface area contributed by atoms with Gasteiger partial charge in [0, 0.05) is 65.3 Å². The van der Waals surface area contributed by atoms with Crippen LogP contribution in [0.2, 0.25) is 0 Å². The Hall–Kier alpha value is -8.10. The molecule has 2 aliphatic heterocycles. The van der Waals surface area contributed by atoms with E-state index in [0.29, 0.717) is 42.0 Å². The number of benzene rings is 3. The Labute approximate surface area is 518 Å². The van der Waals surface area contributed by atoms with E-state index < -0.39 is 113 Å². The first kappa shape index (κ1) is 70.7. The minimum Gasteiger partial charge on any atom is -0.493 e. The Morgan fingerprint density at radius 1 is 0.693 bits per heavy atom. The molecule has 0 spiro atoms. The molecule has 5 rings (SSSR count). The Morgan fingerprint density at radius 3 is 2.03 bits per heavy atom. The normalized spacial score (nSPS) is 22.7. The fraction of sp³-hybridized carbons (Fsp3) is 0.552. The van der Waals surface area contributed by atoms with Gasteiger partial charge in [0.25, 0.3) is 5.91 Å². The standard InChI is InChI=1S/C67H93N7O14/c1-42(2)36-49-63(81)71(9)34-19-18-27-58(77)87-41-67(7,8)60(78)65(83)74-35-20-17-26-51(74)66(84)88-53(30-28-46-29-31-54(85-12)55(39-46)86-13)47-24-21-25-48(40-47)68-56(75)32-33-57(76)72(10)52(37-43(3)4)61(79)69-50(38-45-22-15-14-16-23-45)64(82)73(11)59(44(5)6)62(80)70-49/h14-16,18,21-25,27,29,31,39-40,42-44,49-53,59H,17,19-20,26,28,30,32-38,41H2,1-13H3,(H,68,75)(H,69,79)(H,70,80)/t49-,50-,51+,52+,53-,59+/m1/s1. The predicted molar refractivity (Wildman–Crippen MR) is 332 cm³/mol. The highest BCUT2D eigenvalue weighted by molar-refractivity contribution is 6.38. The van der Waals surface area contributed by atoms with Crippen LogP contribution in [-0.2, 0) is 70.3 Å². The molecule has 1 fully saturated rings. The van der Waals surface area contributed by atoms with Crippen molar-refractivity contribution in [2.45, 2.75) is 162 Å². The van der Waals surface area contributed by atoms with E-state index in [0.717, 1.165) is 11.1 Å². The third kappa shape index (κ3) is 20.2. The quantitative estimate of drug-likeness (QED) is 0.120. The molecule has 3 aromatic rings. The molecule has 1 saturated heterocycles. The van der Waals surface area contributed by atoms with E-state index in [4.69, 9.17) is 18.9 Å². The summed E-state index contributed by atoms with van der Waals surface area (Å²) in [4.78, 5) is 147. The highest BCUT2D eigenvalue weighted by Gasteiger charge is 2.43. The molecule has 3 aromatic carbocycles. The zero-order valence-corrected chi connectivity index (χ0v) is 53.7. The van der Waals surface area contributed by atoms with Gasteiger partial charge >= 0.3 is 11.9 Å². The van der Waals surface area contributed by atoms with Gasteiger partial charge < -0.3 is 54.5 Å². The molecule has 2 aliphatic rings. The number of piperidine rings is 1. The van der Waals surface area contributed by atoms with Gasteiger partial charge in [0.05, 0.1) is 19.6 Å². The lowest BCUT2D eigenvalue weighted by atomic mass is 9.87. The minimum atomic E-state index is -1.51. The number of hydrogen-bond acceptors (Lipinski definition) is 14. The van der Waals surface area contributed by atoms with Gasteiger partial charge in [-0.1, -0.05) is 96.1 Å². The molecule has 0 saturated carbocycles. The van der Waals surface area contributed by atoms with Gasteiger partial charge in [-0.25, -0.2) is 9.59 Å². The molecule has 6 atom stereocenters. The average molecular weight is 1220 g/mol. The van der Waals surface area contributed by atoms with Crippen molar-refractivity contribution in [1.82, 2.24) is 30.2 Å². The number of hydrogen-bond donors (Lipinski definition) is 3. The smallest absolute Gasteiger partial charge is 0.330 e. The maximum Gasteiger partial charge on any atom is 0.330 e. The number of esters is 2. The first-order valence-corrected chi connectivity index (χ1v) is 30.6. The Kier molecular flexibility index (Phi) is 26.7. The SMILES string of the molecule is COc1ccc(CC[C@H]2OC(=O)[C@@H]3CCCCN3C(=O)C(=O)C(C)(C)COC(=O)C=CCCN(C)C(=O)[C@@H](CC(C)C)NC(=O)[C@H](C(C)C)N(C)C(=O)[C@@H](Cc3ccccc3)NC(=O)[C@H](CC(C)C)N(C)C(=O)CCC(=O)Nc3cccc2c3)cc1OC. The number of nitrogens with zero attached hydrogens (tertiary/aromatic N) is 4. The number of nitrogens with one attached hydrogen (secondary N) is 3. The topological polar surface area (TPSA) is 257 Å². The number of rotatable bonds is 12. The Morgan fingerprint density at radius 2 is 1.38 bits per heavy atom. The fourth-order valence-electron chi connectivity index (χ4n) is 10.9. The fourth-order valence-corrected chi connectivity index (χ4v) is 10.9. The molecule has 0 aliphatic carbocycles. The third-order valence-electron chi connectivity index (χ3n) is 15.9. The summed E-state index contributed by atoms with van der Waals surface area (Å²) >= 11 is 0. The Balaban J connectivity index is 1.50. The van der Waals surface area contributed by atoms with Crippen molar-refractivity contribution >= 4 is 64.8 Å². The van der Waals surface area contributed by atoms with Crippen LogP contribution >= 0.6 is 0 Å². The van der Waals surface area contributed by atoms with Gasteiger partial charge in [-0.2, -0.15) is 0 Å². The lowest BCUT2D eigenvalue weighted by Crippen LogP contribution is -2.60. The molecule has 2 heterocycles. The van der Waals surface area contributed by atoms with Gasteiger partial charge in [-0.05, 0) is 124 Å². The number of amides is 7. The molecule has 88 heavy (non-hydrogen) atoms. The van der Waals surface area contributed by atoms with Crippen molar-refractivity contribution in [3.8, 4) is 11.5 Å². The number of carbonyl (C=O) groups excluding carboxylic acids is 10. The van der Waals surface area contributed by atoms with Crippen LogP contribution in [0, 0.1) is 23.2 Å². The number of likely N-dealkylation sites (N-methyl/N-ethyl adjacent to an activating group) is 3. The maximum atomic E-state index is 14.9. The lowest BCUT2D eigenvalue weighted by Gasteiger charge is -2.36. The number of aryl methyl sites for hydroxylation is 1. The molecule has 21 nitrogen and oxygen atoms in total. The monoisotopic (exact) mass is 1220 g/mol. The largest absolute Gasteiger partial charge is 0.493 e. The minimum absolute atomic E-state index is 0.0416. The van der Waals surface area contributed by atoms with Gasteiger partial charge in [-0.3, -0.25) is 38.4 Å². The van der Waals surface area contributed by atoms with Gasteiger partial charge in [0.1, 0.15) is 42.9 Å². The van der Waals surface area contributed by atoms with Crippen molar-refractivity contribution in [2.24, 2.45) is 23.2 Å². The van der Waals surface area contributed by atoms with Crippen molar-refractivity contribution in [1.29, 1.82) is 0 Å². The van der Waals surface area contributed by atoms with Crippen LogP contribution in [0.4, 0.5) is 5.69 Å². The summed E-state index contributed by atoms with van der Waals surface area (Å²) < 4.78 is 22.8. The zero-order valence-electron chi connectivity index (χ0n) is 53.7. The molecule has 21 heteroatoms. The summed E-state index contributed by atoms with van der Waals surface area (Å²) in [6.07, 6.45) is 3.80. The number of ketones is 1. The summed E-state index contributed by atoms with van der Waals surface area (Å²) in [5.41, 5.74) is 0.885. The number of anilines is 1. The molecular formula is C67H93N7O14. The van der Waals surface area contributed by atoms with Crippen LogP contribution in [0.3, 0.4) is 0 Å². The summed E-state index contributed by atoms with van der Waals surface area (Å²) in [6, 6.07) is 15.7. The number of Topliss-reactive ketones (excluding diaryl/α,β-unsaturated/α-hetero) is 1. The second kappa shape index (κ2) is 33.3. The molecule has 7 amide bonds.